The van der Waals surface area contributed by atoms with Crippen LogP contribution in [0.25, 0.3) is 0 Å². The summed E-state index contributed by atoms with van der Waals surface area (Å²) in [5.74, 6) is 0.512. The fraction of sp³-hybridized carbons (Fsp3) is 0.615. The average Bonchev–Trinajstić information content (AvgIpc) is 2.73. The summed E-state index contributed by atoms with van der Waals surface area (Å²) in [6.45, 7) is 7.20. The van der Waals surface area contributed by atoms with Gasteiger partial charge in [-0.05, 0) is 29.3 Å². The summed E-state index contributed by atoms with van der Waals surface area (Å²) in [4.78, 5) is 12.8. The van der Waals surface area contributed by atoms with Crippen molar-refractivity contribution < 1.29 is 4.79 Å². The van der Waals surface area contributed by atoms with Gasteiger partial charge in [-0.15, -0.1) is 11.3 Å². The number of amides is 1. The van der Waals surface area contributed by atoms with Gasteiger partial charge in [-0.3, -0.25) is 4.79 Å². The molecule has 0 aliphatic carbocycles. The van der Waals surface area contributed by atoms with Crippen LogP contribution in [0, 0.1) is 0 Å². The van der Waals surface area contributed by atoms with Crippen molar-refractivity contribution in [1.29, 1.82) is 0 Å². The molecule has 1 aromatic heterocycles. The molecular weight excluding hydrogens is 218 g/mol. The number of hydrogen-bond donors (Lipinski definition) is 1. The second-order valence-corrected chi connectivity index (χ2v) is 5.24. The van der Waals surface area contributed by atoms with E-state index in [1.165, 1.54) is 24.2 Å². The Morgan fingerprint density at radius 3 is 2.81 bits per heavy atom. The lowest BCUT2D eigenvalue weighted by Crippen LogP contribution is -2.24. The van der Waals surface area contributed by atoms with Gasteiger partial charge in [0.1, 0.15) is 0 Å². The minimum atomic E-state index is 0.0924. The Bertz CT molecular complexity index is 330. The highest BCUT2D eigenvalue weighted by Gasteiger charge is 2.14. The first kappa shape index (κ1) is 13.2. The Balaban J connectivity index is 2.49. The fourth-order valence-corrected chi connectivity index (χ4v) is 2.59. The molecule has 0 aromatic carbocycles. The molecule has 0 saturated heterocycles. The van der Waals surface area contributed by atoms with E-state index >= 15 is 0 Å². The van der Waals surface area contributed by atoms with E-state index in [0.717, 1.165) is 23.4 Å². The predicted octanol–water partition coefficient (Wildman–Crippen LogP) is 3.79. The van der Waals surface area contributed by atoms with E-state index in [-0.39, 0.29) is 5.91 Å². The van der Waals surface area contributed by atoms with Crippen LogP contribution in [-0.4, -0.2) is 12.5 Å². The zero-order valence-corrected chi connectivity index (χ0v) is 11.2. The van der Waals surface area contributed by atoms with Gasteiger partial charge in [-0.2, -0.15) is 0 Å². The summed E-state index contributed by atoms with van der Waals surface area (Å²) in [5, 5.41) is 4.98. The van der Waals surface area contributed by atoms with Gasteiger partial charge >= 0.3 is 0 Å². The molecule has 1 N–H and O–H groups in total. The second kappa shape index (κ2) is 6.69. The summed E-state index contributed by atoms with van der Waals surface area (Å²) < 4.78 is 0. The number of carbonyl (C=O) groups is 1. The number of hydrogen-bond acceptors (Lipinski definition) is 2. The maximum absolute atomic E-state index is 11.9. The van der Waals surface area contributed by atoms with Gasteiger partial charge in [0.05, 0.1) is 4.88 Å². The Hall–Kier alpha value is -0.830. The summed E-state index contributed by atoms with van der Waals surface area (Å²) in [6, 6.07) is 2.05. The highest BCUT2D eigenvalue weighted by molar-refractivity contribution is 7.12. The van der Waals surface area contributed by atoms with Crippen LogP contribution in [0.2, 0.25) is 0 Å². The van der Waals surface area contributed by atoms with E-state index in [1.807, 2.05) is 5.38 Å². The van der Waals surface area contributed by atoms with Crippen molar-refractivity contribution in [3.8, 4) is 0 Å². The molecule has 0 radical (unpaired) electrons. The van der Waals surface area contributed by atoms with E-state index in [9.17, 15) is 4.79 Å². The monoisotopic (exact) mass is 239 g/mol. The molecular formula is C13H21NOS. The smallest absolute Gasteiger partial charge is 0.261 e. The van der Waals surface area contributed by atoms with Crippen molar-refractivity contribution in [2.75, 3.05) is 6.54 Å². The number of unbranched alkanes of at least 4 members (excludes halogenated alkanes) is 2. The lowest BCUT2D eigenvalue weighted by molar-refractivity contribution is 0.0956. The fourth-order valence-electron chi connectivity index (χ4n) is 1.62. The SMILES string of the molecule is CCCCCNC(=O)c1sccc1C(C)C. The van der Waals surface area contributed by atoms with Crippen molar-refractivity contribution >= 4 is 17.2 Å². The predicted molar refractivity (Wildman–Crippen MR) is 70.3 cm³/mol. The molecule has 1 amide bonds. The van der Waals surface area contributed by atoms with Crippen molar-refractivity contribution in [2.45, 2.75) is 46.0 Å². The molecule has 0 aliphatic rings. The van der Waals surface area contributed by atoms with E-state index in [4.69, 9.17) is 0 Å². The van der Waals surface area contributed by atoms with Gasteiger partial charge in [-0.25, -0.2) is 0 Å². The molecule has 3 heteroatoms. The molecule has 1 heterocycles. The Morgan fingerprint density at radius 1 is 1.44 bits per heavy atom. The van der Waals surface area contributed by atoms with Crippen LogP contribution in [-0.2, 0) is 0 Å². The Labute approximate surface area is 102 Å². The number of nitrogens with one attached hydrogen (secondary N) is 1. The highest BCUT2D eigenvalue weighted by atomic mass is 32.1. The zero-order valence-electron chi connectivity index (χ0n) is 10.4. The number of rotatable bonds is 6. The van der Waals surface area contributed by atoms with Crippen LogP contribution in [0.15, 0.2) is 11.4 Å². The minimum Gasteiger partial charge on any atom is -0.351 e. The van der Waals surface area contributed by atoms with Crippen LogP contribution in [0.3, 0.4) is 0 Å². The van der Waals surface area contributed by atoms with Crippen LogP contribution < -0.4 is 5.32 Å². The third-order valence-corrected chi connectivity index (χ3v) is 3.52. The number of thiophene rings is 1. The molecule has 2 nitrogen and oxygen atoms in total. The molecule has 0 saturated carbocycles. The normalized spacial score (nSPS) is 10.8. The zero-order chi connectivity index (χ0) is 12.0. The topological polar surface area (TPSA) is 29.1 Å². The van der Waals surface area contributed by atoms with Gasteiger partial charge in [-0.1, -0.05) is 33.6 Å². The van der Waals surface area contributed by atoms with Gasteiger partial charge < -0.3 is 5.32 Å². The van der Waals surface area contributed by atoms with E-state index < -0.39 is 0 Å². The third-order valence-electron chi connectivity index (χ3n) is 2.59. The van der Waals surface area contributed by atoms with Gasteiger partial charge in [0, 0.05) is 6.54 Å². The quantitative estimate of drug-likeness (QED) is 0.752. The van der Waals surface area contributed by atoms with E-state index in [1.54, 1.807) is 0 Å². The Kier molecular flexibility index (Phi) is 5.53. The van der Waals surface area contributed by atoms with Crippen molar-refractivity contribution in [1.82, 2.24) is 5.32 Å². The first-order chi connectivity index (χ1) is 7.66. The molecule has 0 spiro atoms. The summed E-state index contributed by atoms with van der Waals surface area (Å²) in [6.07, 6.45) is 3.44. The summed E-state index contributed by atoms with van der Waals surface area (Å²) in [5.41, 5.74) is 1.16. The molecule has 0 aliphatic heterocycles. The molecule has 0 atom stereocenters. The summed E-state index contributed by atoms with van der Waals surface area (Å²) >= 11 is 1.54. The van der Waals surface area contributed by atoms with Crippen LogP contribution >= 0.6 is 11.3 Å². The lowest BCUT2D eigenvalue weighted by atomic mass is 10.0. The van der Waals surface area contributed by atoms with Gasteiger partial charge in [0.25, 0.3) is 5.91 Å². The van der Waals surface area contributed by atoms with Crippen molar-refractivity contribution in [3.63, 3.8) is 0 Å². The molecule has 0 unspecified atom stereocenters. The van der Waals surface area contributed by atoms with Crippen molar-refractivity contribution in [3.05, 3.63) is 21.9 Å². The van der Waals surface area contributed by atoms with Crippen molar-refractivity contribution in [2.24, 2.45) is 0 Å². The van der Waals surface area contributed by atoms with Gasteiger partial charge in [0.15, 0.2) is 0 Å². The van der Waals surface area contributed by atoms with Crippen LogP contribution in [0.4, 0.5) is 0 Å². The lowest BCUT2D eigenvalue weighted by Gasteiger charge is -2.07. The molecule has 1 aromatic rings. The van der Waals surface area contributed by atoms with Crippen LogP contribution in [0.1, 0.15) is 61.2 Å². The molecule has 0 bridgehead atoms. The largest absolute Gasteiger partial charge is 0.351 e. The molecule has 90 valence electrons. The molecule has 16 heavy (non-hydrogen) atoms. The van der Waals surface area contributed by atoms with E-state index in [2.05, 4.69) is 32.2 Å². The van der Waals surface area contributed by atoms with E-state index in [0.29, 0.717) is 5.92 Å². The molecule has 0 fully saturated rings. The highest BCUT2D eigenvalue weighted by Crippen LogP contribution is 2.24. The Morgan fingerprint density at radius 2 is 2.19 bits per heavy atom. The second-order valence-electron chi connectivity index (χ2n) is 4.32. The maximum atomic E-state index is 11.9. The first-order valence-corrected chi connectivity index (χ1v) is 6.90. The number of carbonyl (C=O) groups excluding carboxylic acids is 1. The minimum absolute atomic E-state index is 0.0924. The van der Waals surface area contributed by atoms with Crippen LogP contribution in [0.5, 0.6) is 0 Å². The maximum Gasteiger partial charge on any atom is 0.261 e. The molecule has 1 rings (SSSR count). The average molecular weight is 239 g/mol. The summed E-state index contributed by atoms with van der Waals surface area (Å²) in [7, 11) is 0. The standard InChI is InChI=1S/C13H21NOS/c1-4-5-6-8-14-13(15)12-11(10(2)3)7-9-16-12/h7,9-10H,4-6,8H2,1-3H3,(H,14,15). The van der Waals surface area contributed by atoms with Gasteiger partial charge in [0.2, 0.25) is 0 Å². The third kappa shape index (κ3) is 3.63. The first-order valence-electron chi connectivity index (χ1n) is 6.02.